The molecule has 1 aromatic carbocycles. The van der Waals surface area contributed by atoms with Crippen molar-refractivity contribution in [1.29, 1.82) is 0 Å². The normalized spacial score (nSPS) is 14.1. The lowest BCUT2D eigenvalue weighted by Gasteiger charge is -2.13. The van der Waals surface area contributed by atoms with E-state index in [9.17, 15) is 9.59 Å². The van der Waals surface area contributed by atoms with Gasteiger partial charge >= 0.3 is 0 Å². The zero-order chi connectivity index (χ0) is 15.9. The molecule has 7 heteroatoms. The van der Waals surface area contributed by atoms with Crippen LogP contribution in [0.25, 0.3) is 0 Å². The zero-order valence-electron chi connectivity index (χ0n) is 12.3. The highest BCUT2D eigenvalue weighted by molar-refractivity contribution is 6.32. The Morgan fingerprint density at radius 1 is 1.45 bits per heavy atom. The zero-order valence-corrected chi connectivity index (χ0v) is 13.1. The van der Waals surface area contributed by atoms with E-state index in [0.717, 1.165) is 17.7 Å². The van der Waals surface area contributed by atoms with Gasteiger partial charge in [0.1, 0.15) is 5.75 Å². The van der Waals surface area contributed by atoms with Crippen LogP contribution in [-0.4, -0.2) is 30.7 Å². The van der Waals surface area contributed by atoms with Crippen molar-refractivity contribution in [3.63, 3.8) is 0 Å². The molecule has 0 saturated carbocycles. The third-order valence-corrected chi connectivity index (χ3v) is 3.40. The Kier molecular flexibility index (Phi) is 5.77. The molecule has 0 aliphatic carbocycles. The van der Waals surface area contributed by atoms with Crippen LogP contribution in [0.2, 0.25) is 5.02 Å². The number of hydrogen-bond acceptors (Lipinski definition) is 4. The predicted molar refractivity (Wildman–Crippen MR) is 84.2 cm³/mol. The van der Waals surface area contributed by atoms with Crippen molar-refractivity contribution in [2.24, 2.45) is 5.10 Å². The Labute approximate surface area is 133 Å². The molecule has 0 unspecified atom stereocenters. The standard InChI is InChI=1S/C15H18ClN3O3/c1-2-7-17-15(21)9-22-13-5-3-10(8-11(13)16)12-4-6-14(20)19-18-12/h3,5,8H,2,4,6-7,9H2,1H3,(H,17,21)(H,19,20). The van der Waals surface area contributed by atoms with E-state index in [1.54, 1.807) is 12.1 Å². The van der Waals surface area contributed by atoms with Crippen LogP contribution >= 0.6 is 11.6 Å². The number of amides is 2. The molecular formula is C15H18ClN3O3. The van der Waals surface area contributed by atoms with Crippen molar-refractivity contribution in [3.8, 4) is 5.75 Å². The van der Waals surface area contributed by atoms with Gasteiger partial charge in [-0.2, -0.15) is 5.10 Å². The summed E-state index contributed by atoms with van der Waals surface area (Å²) < 4.78 is 5.40. The van der Waals surface area contributed by atoms with Gasteiger partial charge in [0, 0.05) is 19.4 Å². The van der Waals surface area contributed by atoms with Crippen molar-refractivity contribution < 1.29 is 14.3 Å². The van der Waals surface area contributed by atoms with Crippen LogP contribution < -0.4 is 15.5 Å². The molecule has 22 heavy (non-hydrogen) atoms. The predicted octanol–water partition coefficient (Wildman–Crippen LogP) is 1.86. The van der Waals surface area contributed by atoms with Crippen LogP contribution in [0.15, 0.2) is 23.3 Å². The highest BCUT2D eigenvalue weighted by Crippen LogP contribution is 2.26. The number of nitrogens with one attached hydrogen (secondary N) is 2. The maximum atomic E-state index is 11.5. The molecule has 1 heterocycles. The summed E-state index contributed by atoms with van der Waals surface area (Å²) in [6.07, 6.45) is 1.86. The van der Waals surface area contributed by atoms with Gasteiger partial charge in [-0.15, -0.1) is 0 Å². The molecular weight excluding hydrogens is 306 g/mol. The summed E-state index contributed by atoms with van der Waals surface area (Å²) >= 11 is 6.17. The number of rotatable bonds is 6. The molecule has 0 bridgehead atoms. The van der Waals surface area contributed by atoms with Gasteiger partial charge in [0.05, 0.1) is 10.7 Å². The van der Waals surface area contributed by atoms with Crippen molar-refractivity contribution in [2.75, 3.05) is 13.2 Å². The molecule has 2 N–H and O–H groups in total. The van der Waals surface area contributed by atoms with Crippen molar-refractivity contribution in [1.82, 2.24) is 10.7 Å². The Bertz CT molecular complexity index is 602. The van der Waals surface area contributed by atoms with Gasteiger partial charge in [0.15, 0.2) is 6.61 Å². The first-order valence-corrected chi connectivity index (χ1v) is 7.52. The van der Waals surface area contributed by atoms with Gasteiger partial charge in [-0.05, 0) is 30.2 Å². The summed E-state index contributed by atoms with van der Waals surface area (Å²) in [7, 11) is 0. The van der Waals surface area contributed by atoms with Crippen molar-refractivity contribution in [2.45, 2.75) is 26.2 Å². The number of nitrogens with zero attached hydrogens (tertiary/aromatic N) is 1. The number of ether oxygens (including phenoxy) is 1. The lowest BCUT2D eigenvalue weighted by Crippen LogP contribution is -2.29. The van der Waals surface area contributed by atoms with Crippen LogP contribution in [-0.2, 0) is 9.59 Å². The second kappa shape index (κ2) is 7.79. The molecule has 0 aromatic heterocycles. The number of carbonyl (C=O) groups excluding carboxylic acids is 2. The lowest BCUT2D eigenvalue weighted by atomic mass is 10.0. The quantitative estimate of drug-likeness (QED) is 0.838. The molecule has 2 amide bonds. The fourth-order valence-corrected chi connectivity index (χ4v) is 2.17. The second-order valence-corrected chi connectivity index (χ2v) is 5.28. The average molecular weight is 324 g/mol. The summed E-state index contributed by atoms with van der Waals surface area (Å²) in [6, 6.07) is 5.22. The van der Waals surface area contributed by atoms with E-state index < -0.39 is 0 Å². The van der Waals surface area contributed by atoms with Gasteiger partial charge in [0.25, 0.3) is 5.91 Å². The highest BCUT2D eigenvalue weighted by Gasteiger charge is 2.15. The summed E-state index contributed by atoms with van der Waals surface area (Å²) in [4.78, 5) is 22.6. The third-order valence-electron chi connectivity index (χ3n) is 3.10. The summed E-state index contributed by atoms with van der Waals surface area (Å²) in [5.41, 5.74) is 4.04. The van der Waals surface area contributed by atoms with E-state index in [4.69, 9.17) is 16.3 Å². The SMILES string of the molecule is CCCNC(=O)COc1ccc(C2=NNC(=O)CC2)cc1Cl. The van der Waals surface area contributed by atoms with Crippen LogP contribution in [0.4, 0.5) is 0 Å². The van der Waals surface area contributed by atoms with Crippen LogP contribution in [0.1, 0.15) is 31.7 Å². The fourth-order valence-electron chi connectivity index (χ4n) is 1.94. The first-order chi connectivity index (χ1) is 10.6. The molecule has 1 aliphatic heterocycles. The van der Waals surface area contributed by atoms with Gasteiger partial charge in [-0.25, -0.2) is 5.43 Å². The minimum atomic E-state index is -0.179. The fraction of sp³-hybridized carbons (Fsp3) is 0.400. The molecule has 0 atom stereocenters. The number of benzene rings is 1. The number of hydrogen-bond donors (Lipinski definition) is 2. The van der Waals surface area contributed by atoms with E-state index in [-0.39, 0.29) is 18.4 Å². The maximum Gasteiger partial charge on any atom is 0.257 e. The van der Waals surface area contributed by atoms with E-state index in [1.807, 2.05) is 13.0 Å². The van der Waals surface area contributed by atoms with E-state index in [2.05, 4.69) is 15.8 Å². The molecule has 0 radical (unpaired) electrons. The van der Waals surface area contributed by atoms with Crippen LogP contribution in [0.5, 0.6) is 5.75 Å². The molecule has 2 rings (SSSR count). The molecule has 0 fully saturated rings. The largest absolute Gasteiger partial charge is 0.482 e. The Balaban J connectivity index is 1.98. The van der Waals surface area contributed by atoms with Gasteiger partial charge < -0.3 is 10.1 Å². The minimum Gasteiger partial charge on any atom is -0.482 e. The smallest absolute Gasteiger partial charge is 0.257 e. The number of carbonyl (C=O) groups is 2. The summed E-state index contributed by atoms with van der Waals surface area (Å²) in [5, 5.41) is 7.14. The van der Waals surface area contributed by atoms with Crippen molar-refractivity contribution in [3.05, 3.63) is 28.8 Å². The van der Waals surface area contributed by atoms with Crippen molar-refractivity contribution >= 4 is 29.1 Å². The van der Waals surface area contributed by atoms with E-state index >= 15 is 0 Å². The molecule has 6 nitrogen and oxygen atoms in total. The lowest BCUT2D eigenvalue weighted by molar-refractivity contribution is -0.123. The van der Waals surface area contributed by atoms with Gasteiger partial charge in [0.2, 0.25) is 5.91 Å². The topological polar surface area (TPSA) is 79.8 Å². The molecule has 1 aromatic rings. The molecule has 0 spiro atoms. The second-order valence-electron chi connectivity index (χ2n) is 4.88. The first kappa shape index (κ1) is 16.3. The average Bonchev–Trinajstić information content (AvgIpc) is 2.52. The first-order valence-electron chi connectivity index (χ1n) is 7.15. The van der Waals surface area contributed by atoms with E-state index in [0.29, 0.717) is 30.2 Å². The van der Waals surface area contributed by atoms with Crippen LogP contribution in [0.3, 0.4) is 0 Å². The molecule has 118 valence electrons. The monoisotopic (exact) mass is 323 g/mol. The van der Waals surface area contributed by atoms with Crippen LogP contribution in [0, 0.1) is 0 Å². The summed E-state index contributed by atoms with van der Waals surface area (Å²) in [6.45, 7) is 2.53. The van der Waals surface area contributed by atoms with Gasteiger partial charge in [-0.1, -0.05) is 18.5 Å². The Hall–Kier alpha value is -2.08. The number of halogens is 1. The minimum absolute atomic E-state index is 0.0733. The third kappa shape index (κ3) is 4.46. The Morgan fingerprint density at radius 3 is 2.91 bits per heavy atom. The molecule has 1 aliphatic rings. The van der Waals surface area contributed by atoms with Gasteiger partial charge in [-0.3, -0.25) is 9.59 Å². The Morgan fingerprint density at radius 2 is 2.27 bits per heavy atom. The van der Waals surface area contributed by atoms with E-state index in [1.165, 1.54) is 0 Å². The number of hydrazone groups is 1. The molecule has 0 saturated heterocycles. The highest BCUT2D eigenvalue weighted by atomic mass is 35.5. The maximum absolute atomic E-state index is 11.5. The summed E-state index contributed by atoms with van der Waals surface area (Å²) in [5.74, 6) is 0.173.